The minimum absolute atomic E-state index is 0.0143. The third kappa shape index (κ3) is 3.13. The summed E-state index contributed by atoms with van der Waals surface area (Å²) in [5.74, 6) is -0.668. The van der Waals surface area contributed by atoms with Crippen LogP contribution in [0.2, 0.25) is 5.02 Å². The van der Waals surface area contributed by atoms with Gasteiger partial charge in [-0.15, -0.1) is 0 Å². The highest BCUT2D eigenvalue weighted by atomic mass is 35.5. The predicted octanol–water partition coefficient (Wildman–Crippen LogP) is 2.17. The first-order valence-electron chi connectivity index (χ1n) is 5.35. The van der Waals surface area contributed by atoms with Crippen LogP contribution in [0.3, 0.4) is 0 Å². The lowest BCUT2D eigenvalue weighted by atomic mass is 10.2. The molecule has 0 amide bonds. The summed E-state index contributed by atoms with van der Waals surface area (Å²) >= 11 is 7.22. The number of hydrogen-bond donors (Lipinski definition) is 4. The monoisotopic (exact) mass is 293 g/mol. The molecular weight excluding hydrogens is 277 g/mol. The van der Waals surface area contributed by atoms with E-state index in [4.69, 9.17) is 23.1 Å². The molecule has 0 aliphatic heterocycles. The normalized spacial score (nSPS) is 14.3. The SMILES string of the molecule is CSC(CO)C(C)Nc1c(N)cc(N)c(Cl)c1F. The Morgan fingerprint density at radius 1 is 1.50 bits per heavy atom. The van der Waals surface area contributed by atoms with Gasteiger partial charge in [-0.25, -0.2) is 4.39 Å². The maximum absolute atomic E-state index is 13.9. The Morgan fingerprint density at radius 3 is 2.61 bits per heavy atom. The second kappa shape index (κ2) is 6.36. The first-order chi connectivity index (χ1) is 8.42. The van der Waals surface area contributed by atoms with Crippen LogP contribution in [0.1, 0.15) is 6.92 Å². The summed E-state index contributed by atoms with van der Waals surface area (Å²) in [6, 6.07) is 1.24. The van der Waals surface area contributed by atoms with Crippen molar-refractivity contribution in [1.82, 2.24) is 0 Å². The van der Waals surface area contributed by atoms with Crippen molar-refractivity contribution in [1.29, 1.82) is 0 Å². The van der Waals surface area contributed by atoms with Gasteiger partial charge in [0.2, 0.25) is 0 Å². The van der Waals surface area contributed by atoms with E-state index in [-0.39, 0.29) is 40.0 Å². The maximum Gasteiger partial charge on any atom is 0.169 e. The minimum Gasteiger partial charge on any atom is -0.397 e. The summed E-state index contributed by atoms with van der Waals surface area (Å²) in [5, 5.41) is 11.9. The quantitative estimate of drug-likeness (QED) is 0.625. The molecule has 0 saturated heterocycles. The van der Waals surface area contributed by atoms with Crippen molar-refractivity contribution in [2.75, 3.05) is 29.6 Å². The molecule has 4 nitrogen and oxygen atoms in total. The molecule has 0 radical (unpaired) electrons. The summed E-state index contributed by atoms with van der Waals surface area (Å²) in [4.78, 5) is 0. The number of rotatable bonds is 5. The molecule has 0 bridgehead atoms. The number of hydrogen-bond acceptors (Lipinski definition) is 5. The molecule has 18 heavy (non-hydrogen) atoms. The Balaban J connectivity index is 3.01. The fourth-order valence-corrected chi connectivity index (χ4v) is 2.34. The van der Waals surface area contributed by atoms with Gasteiger partial charge in [0.15, 0.2) is 5.82 Å². The van der Waals surface area contributed by atoms with Crippen LogP contribution in [0.5, 0.6) is 0 Å². The lowest BCUT2D eigenvalue weighted by molar-refractivity contribution is 0.288. The first kappa shape index (κ1) is 15.2. The number of aliphatic hydroxyl groups excluding tert-OH is 1. The standard InChI is InChI=1S/C11H17ClFN3OS/c1-5(8(4-17)18-2)16-11-7(15)3-6(14)9(12)10(11)13/h3,5,8,16-17H,4,14-15H2,1-2H3. The van der Waals surface area contributed by atoms with Crippen LogP contribution in [-0.2, 0) is 0 Å². The number of halogens is 2. The number of thioether (sulfide) groups is 1. The summed E-state index contributed by atoms with van der Waals surface area (Å²) in [5.41, 5.74) is 11.6. The fraction of sp³-hybridized carbons (Fsp3) is 0.455. The average Bonchev–Trinajstić information content (AvgIpc) is 2.33. The molecule has 0 saturated carbocycles. The van der Waals surface area contributed by atoms with Gasteiger partial charge in [-0.05, 0) is 19.2 Å². The molecule has 6 N–H and O–H groups in total. The van der Waals surface area contributed by atoms with Crippen LogP contribution in [0.25, 0.3) is 0 Å². The third-order valence-electron chi connectivity index (χ3n) is 2.68. The molecular formula is C11H17ClFN3OS. The highest BCUT2D eigenvalue weighted by molar-refractivity contribution is 7.99. The number of nitrogen functional groups attached to an aromatic ring is 2. The van der Waals surface area contributed by atoms with E-state index in [0.717, 1.165) is 0 Å². The van der Waals surface area contributed by atoms with Crippen molar-refractivity contribution in [2.45, 2.75) is 18.2 Å². The number of nitrogens with one attached hydrogen (secondary N) is 1. The van der Waals surface area contributed by atoms with E-state index < -0.39 is 5.82 Å². The molecule has 102 valence electrons. The molecule has 0 fully saturated rings. The number of anilines is 3. The van der Waals surface area contributed by atoms with E-state index in [1.807, 2.05) is 13.2 Å². The lowest BCUT2D eigenvalue weighted by Gasteiger charge is -2.24. The molecule has 0 aromatic heterocycles. The Bertz CT molecular complexity index is 429. The van der Waals surface area contributed by atoms with Gasteiger partial charge < -0.3 is 21.9 Å². The zero-order chi connectivity index (χ0) is 13.9. The molecule has 2 atom stereocenters. The summed E-state index contributed by atoms with van der Waals surface area (Å²) in [6.45, 7) is 1.82. The van der Waals surface area contributed by atoms with Gasteiger partial charge in [0, 0.05) is 11.3 Å². The summed E-state index contributed by atoms with van der Waals surface area (Å²) < 4.78 is 13.9. The van der Waals surface area contributed by atoms with Crippen LogP contribution < -0.4 is 16.8 Å². The third-order valence-corrected chi connectivity index (χ3v) is 4.22. The van der Waals surface area contributed by atoms with E-state index in [9.17, 15) is 9.50 Å². The Labute approximate surface area is 115 Å². The van der Waals surface area contributed by atoms with Gasteiger partial charge in [0.25, 0.3) is 0 Å². The van der Waals surface area contributed by atoms with Crippen molar-refractivity contribution < 1.29 is 9.50 Å². The van der Waals surface area contributed by atoms with Gasteiger partial charge in [0.1, 0.15) is 5.02 Å². The molecule has 2 unspecified atom stereocenters. The maximum atomic E-state index is 13.9. The second-order valence-electron chi connectivity index (χ2n) is 3.95. The van der Waals surface area contributed by atoms with Crippen molar-refractivity contribution in [2.24, 2.45) is 0 Å². The van der Waals surface area contributed by atoms with Crippen molar-refractivity contribution in [3.05, 3.63) is 16.9 Å². The van der Waals surface area contributed by atoms with Gasteiger partial charge in [-0.3, -0.25) is 0 Å². The Kier molecular flexibility index (Phi) is 5.37. The lowest BCUT2D eigenvalue weighted by Crippen LogP contribution is -2.31. The Morgan fingerprint density at radius 2 is 2.11 bits per heavy atom. The highest BCUT2D eigenvalue weighted by Gasteiger charge is 2.20. The Hall–Kier alpha value is -0.850. The van der Waals surface area contributed by atoms with E-state index in [0.29, 0.717) is 0 Å². The van der Waals surface area contributed by atoms with E-state index >= 15 is 0 Å². The topological polar surface area (TPSA) is 84.3 Å². The highest BCUT2D eigenvalue weighted by Crippen LogP contribution is 2.34. The van der Waals surface area contributed by atoms with Crippen LogP contribution in [0.4, 0.5) is 21.5 Å². The van der Waals surface area contributed by atoms with Gasteiger partial charge >= 0.3 is 0 Å². The zero-order valence-corrected chi connectivity index (χ0v) is 11.8. The smallest absolute Gasteiger partial charge is 0.169 e. The van der Waals surface area contributed by atoms with Crippen LogP contribution in [0.15, 0.2) is 6.07 Å². The second-order valence-corrected chi connectivity index (χ2v) is 5.40. The van der Waals surface area contributed by atoms with Gasteiger partial charge in [-0.2, -0.15) is 11.8 Å². The molecule has 0 spiro atoms. The molecule has 1 aromatic rings. The predicted molar refractivity (Wildman–Crippen MR) is 77.7 cm³/mol. The van der Waals surface area contributed by atoms with Crippen molar-refractivity contribution in [3.8, 4) is 0 Å². The number of nitrogens with two attached hydrogens (primary N) is 2. The van der Waals surface area contributed by atoms with E-state index in [2.05, 4.69) is 5.32 Å². The minimum atomic E-state index is -0.668. The number of benzene rings is 1. The summed E-state index contributed by atoms with van der Waals surface area (Å²) in [6.07, 6.45) is 1.87. The molecule has 1 rings (SSSR count). The molecule has 7 heteroatoms. The van der Waals surface area contributed by atoms with Gasteiger partial charge in [-0.1, -0.05) is 11.6 Å². The molecule has 0 aliphatic carbocycles. The van der Waals surface area contributed by atoms with Gasteiger partial charge in [0.05, 0.1) is 23.7 Å². The average molecular weight is 294 g/mol. The van der Waals surface area contributed by atoms with E-state index in [1.54, 1.807) is 0 Å². The van der Waals surface area contributed by atoms with E-state index in [1.165, 1.54) is 17.8 Å². The van der Waals surface area contributed by atoms with Crippen molar-refractivity contribution >= 4 is 40.4 Å². The van der Waals surface area contributed by atoms with Crippen LogP contribution in [0, 0.1) is 5.82 Å². The van der Waals surface area contributed by atoms with Crippen LogP contribution >= 0.6 is 23.4 Å². The molecule has 0 aliphatic rings. The molecule has 1 aromatic carbocycles. The first-order valence-corrected chi connectivity index (χ1v) is 7.02. The summed E-state index contributed by atoms with van der Waals surface area (Å²) in [7, 11) is 0. The fourth-order valence-electron chi connectivity index (χ4n) is 1.57. The van der Waals surface area contributed by atoms with Crippen LogP contribution in [-0.4, -0.2) is 29.3 Å². The zero-order valence-electron chi connectivity index (χ0n) is 10.2. The largest absolute Gasteiger partial charge is 0.397 e. The number of aliphatic hydroxyl groups is 1. The van der Waals surface area contributed by atoms with Crippen molar-refractivity contribution in [3.63, 3.8) is 0 Å². The molecule has 0 heterocycles.